The third-order valence-corrected chi connectivity index (χ3v) is 4.28. The molecule has 0 spiro atoms. The van der Waals surface area contributed by atoms with E-state index in [9.17, 15) is 14.4 Å². The molecule has 0 bridgehead atoms. The summed E-state index contributed by atoms with van der Waals surface area (Å²) < 4.78 is 0. The highest BCUT2D eigenvalue weighted by Gasteiger charge is 2.37. The van der Waals surface area contributed by atoms with Crippen LogP contribution in [0.2, 0.25) is 0 Å². The molecule has 0 fully saturated rings. The zero-order chi connectivity index (χ0) is 20.2. The number of aromatic nitrogens is 1. The molecule has 10 nitrogen and oxygen atoms in total. The van der Waals surface area contributed by atoms with Crippen LogP contribution < -0.4 is 22.3 Å². The Labute approximate surface area is 156 Å². The second kappa shape index (κ2) is 7.96. The van der Waals surface area contributed by atoms with Gasteiger partial charge >= 0.3 is 0 Å². The number of nitrogens with zero attached hydrogens (tertiary/aromatic N) is 3. The first kappa shape index (κ1) is 20.0. The van der Waals surface area contributed by atoms with Crippen molar-refractivity contribution in [3.05, 3.63) is 36.2 Å². The summed E-state index contributed by atoms with van der Waals surface area (Å²) in [5.74, 6) is 4.13. The molecule has 1 aromatic rings. The molecule has 0 aliphatic carbocycles. The number of hydrazine groups is 1. The van der Waals surface area contributed by atoms with Crippen LogP contribution in [0.4, 0.5) is 5.69 Å². The maximum atomic E-state index is 12.2. The van der Waals surface area contributed by atoms with E-state index >= 15 is 0 Å². The lowest BCUT2D eigenvalue weighted by Gasteiger charge is -2.32. The fraction of sp³-hybridized carbons (Fsp3) is 0.353. The number of hydrogen-bond donors (Lipinski definition) is 4. The van der Waals surface area contributed by atoms with Crippen LogP contribution in [0.3, 0.4) is 0 Å². The standard InChI is InChI=1S/C17H23N7O3/c1-10(4-5-13(25)23-19)15(27)21-11-6-7-20-12(8-11)17(2)9-14(26)24(3)16(18)22-17/h6-8H,1,4-5,9,19H2,2-3H3,(H2,18,22)(H,23,25)(H,20,21,27). The lowest BCUT2D eigenvalue weighted by atomic mass is 9.91. The zero-order valence-corrected chi connectivity index (χ0v) is 15.3. The van der Waals surface area contributed by atoms with Crippen molar-refractivity contribution in [1.29, 1.82) is 0 Å². The Morgan fingerprint density at radius 1 is 1.41 bits per heavy atom. The molecule has 1 aliphatic rings. The van der Waals surface area contributed by atoms with Crippen LogP contribution in [0.5, 0.6) is 0 Å². The van der Waals surface area contributed by atoms with E-state index in [0.29, 0.717) is 11.4 Å². The molecule has 2 rings (SSSR count). The highest BCUT2D eigenvalue weighted by molar-refractivity contribution is 6.03. The van der Waals surface area contributed by atoms with Crippen LogP contribution in [-0.4, -0.2) is 40.6 Å². The van der Waals surface area contributed by atoms with Gasteiger partial charge < -0.3 is 11.1 Å². The van der Waals surface area contributed by atoms with Gasteiger partial charge in [0.15, 0.2) is 5.96 Å². The molecule has 1 aromatic heterocycles. The third kappa shape index (κ3) is 4.67. The molecule has 144 valence electrons. The lowest BCUT2D eigenvalue weighted by molar-refractivity contribution is -0.128. The third-order valence-electron chi connectivity index (χ3n) is 4.28. The van der Waals surface area contributed by atoms with Crippen LogP contribution >= 0.6 is 0 Å². The lowest BCUT2D eigenvalue weighted by Crippen LogP contribution is -2.47. The average Bonchev–Trinajstić information content (AvgIpc) is 2.63. The molecule has 10 heteroatoms. The highest BCUT2D eigenvalue weighted by atomic mass is 16.2. The fourth-order valence-corrected chi connectivity index (χ4v) is 2.53. The van der Waals surface area contributed by atoms with Gasteiger partial charge in [0.05, 0.1) is 12.1 Å². The van der Waals surface area contributed by atoms with Gasteiger partial charge in [0.25, 0.3) is 5.91 Å². The smallest absolute Gasteiger partial charge is 0.250 e. The molecule has 0 saturated heterocycles. The van der Waals surface area contributed by atoms with Gasteiger partial charge in [0.2, 0.25) is 11.8 Å². The Hall–Kier alpha value is -3.27. The van der Waals surface area contributed by atoms with E-state index in [1.54, 1.807) is 26.1 Å². The number of anilines is 1. The largest absolute Gasteiger partial charge is 0.369 e. The minimum atomic E-state index is -0.926. The Morgan fingerprint density at radius 3 is 2.74 bits per heavy atom. The second-order valence-electron chi connectivity index (χ2n) is 6.43. The molecule has 0 aromatic carbocycles. The number of guanidine groups is 1. The number of carbonyl (C=O) groups is 3. The van der Waals surface area contributed by atoms with Crippen molar-refractivity contribution in [3.63, 3.8) is 0 Å². The fourth-order valence-electron chi connectivity index (χ4n) is 2.53. The molecule has 2 heterocycles. The summed E-state index contributed by atoms with van der Waals surface area (Å²) in [6.45, 7) is 5.43. The Kier molecular flexibility index (Phi) is 5.91. The normalized spacial score (nSPS) is 19.3. The zero-order valence-electron chi connectivity index (χ0n) is 15.3. The van der Waals surface area contributed by atoms with Crippen LogP contribution in [0.15, 0.2) is 35.5 Å². The Bertz CT molecular complexity index is 820. The van der Waals surface area contributed by atoms with E-state index in [1.165, 1.54) is 11.1 Å². The van der Waals surface area contributed by atoms with Gasteiger partial charge in [-0.1, -0.05) is 6.58 Å². The van der Waals surface area contributed by atoms with E-state index in [4.69, 9.17) is 11.6 Å². The molecule has 1 unspecified atom stereocenters. The molecular weight excluding hydrogens is 350 g/mol. The number of pyridine rings is 1. The quantitative estimate of drug-likeness (QED) is 0.233. The average molecular weight is 373 g/mol. The Morgan fingerprint density at radius 2 is 2.11 bits per heavy atom. The van der Waals surface area contributed by atoms with Crippen molar-refractivity contribution < 1.29 is 14.4 Å². The highest BCUT2D eigenvalue weighted by Crippen LogP contribution is 2.32. The monoisotopic (exact) mass is 373 g/mol. The van der Waals surface area contributed by atoms with Gasteiger partial charge in [-0.15, -0.1) is 0 Å². The van der Waals surface area contributed by atoms with Crippen molar-refractivity contribution >= 4 is 29.4 Å². The van der Waals surface area contributed by atoms with E-state index in [1.807, 2.05) is 5.43 Å². The molecule has 6 N–H and O–H groups in total. The molecule has 1 aliphatic heterocycles. The summed E-state index contributed by atoms with van der Waals surface area (Å²) >= 11 is 0. The van der Waals surface area contributed by atoms with E-state index < -0.39 is 11.4 Å². The van der Waals surface area contributed by atoms with Gasteiger partial charge in [-0.05, 0) is 25.5 Å². The molecular formula is C17H23N7O3. The van der Waals surface area contributed by atoms with Crippen LogP contribution in [0, 0.1) is 0 Å². The molecule has 1 atom stereocenters. The number of nitrogens with one attached hydrogen (secondary N) is 2. The second-order valence-corrected chi connectivity index (χ2v) is 6.43. The molecule has 27 heavy (non-hydrogen) atoms. The summed E-state index contributed by atoms with van der Waals surface area (Å²) in [5.41, 5.74) is 8.08. The first-order chi connectivity index (χ1) is 12.7. The number of amides is 3. The minimum absolute atomic E-state index is 0.0615. The van der Waals surface area contributed by atoms with Crippen LogP contribution in [0.25, 0.3) is 0 Å². The predicted molar refractivity (Wildman–Crippen MR) is 99.9 cm³/mol. The van der Waals surface area contributed by atoms with Crippen LogP contribution in [0.1, 0.15) is 31.9 Å². The molecule has 3 amide bonds. The molecule has 0 radical (unpaired) electrons. The predicted octanol–water partition coefficient (Wildman–Crippen LogP) is -0.262. The minimum Gasteiger partial charge on any atom is -0.369 e. The number of rotatable bonds is 6. The van der Waals surface area contributed by atoms with Gasteiger partial charge in [0.1, 0.15) is 5.54 Å². The summed E-state index contributed by atoms with van der Waals surface area (Å²) in [7, 11) is 1.56. The number of hydrogen-bond acceptors (Lipinski definition) is 7. The Balaban J connectivity index is 2.14. The maximum Gasteiger partial charge on any atom is 0.250 e. The van der Waals surface area contributed by atoms with Gasteiger partial charge in [-0.3, -0.25) is 29.7 Å². The van der Waals surface area contributed by atoms with Crippen molar-refractivity contribution in [1.82, 2.24) is 15.3 Å². The van der Waals surface area contributed by atoms with E-state index in [2.05, 4.69) is 21.9 Å². The topological polar surface area (TPSA) is 156 Å². The van der Waals surface area contributed by atoms with Crippen molar-refractivity contribution in [2.75, 3.05) is 12.4 Å². The van der Waals surface area contributed by atoms with Gasteiger partial charge in [0, 0.05) is 30.9 Å². The number of carbonyl (C=O) groups excluding carboxylic acids is 3. The first-order valence-electron chi connectivity index (χ1n) is 8.23. The van der Waals surface area contributed by atoms with Crippen molar-refractivity contribution in [2.45, 2.75) is 31.7 Å². The summed E-state index contributed by atoms with van der Waals surface area (Å²) in [4.78, 5) is 45.4. The summed E-state index contributed by atoms with van der Waals surface area (Å²) in [5, 5.41) is 2.69. The van der Waals surface area contributed by atoms with Crippen LogP contribution in [-0.2, 0) is 19.9 Å². The first-order valence-corrected chi connectivity index (χ1v) is 8.23. The van der Waals surface area contributed by atoms with Gasteiger partial charge in [-0.2, -0.15) is 0 Å². The summed E-state index contributed by atoms with van der Waals surface area (Å²) in [6, 6.07) is 3.24. The number of nitrogens with two attached hydrogens (primary N) is 2. The van der Waals surface area contributed by atoms with Crippen molar-refractivity contribution in [2.24, 2.45) is 16.6 Å². The van der Waals surface area contributed by atoms with E-state index in [0.717, 1.165) is 0 Å². The van der Waals surface area contributed by atoms with Gasteiger partial charge in [-0.25, -0.2) is 10.8 Å². The van der Waals surface area contributed by atoms with Crippen molar-refractivity contribution in [3.8, 4) is 0 Å². The SMILES string of the molecule is C=C(CCC(=O)NN)C(=O)Nc1ccnc(C2(C)CC(=O)N(C)C(N)=N2)c1. The summed E-state index contributed by atoms with van der Waals surface area (Å²) in [6.07, 6.45) is 1.85. The number of aliphatic imine (C=N–C) groups is 1. The molecule has 0 saturated carbocycles. The maximum absolute atomic E-state index is 12.2. The van der Waals surface area contributed by atoms with E-state index in [-0.39, 0.29) is 42.6 Å².